The molecule has 1 amide bonds. The van der Waals surface area contributed by atoms with Gasteiger partial charge in [0.15, 0.2) is 0 Å². The zero-order chi connectivity index (χ0) is 12.3. The van der Waals surface area contributed by atoms with Crippen LogP contribution in [0.15, 0.2) is 28.7 Å². The first-order valence-corrected chi connectivity index (χ1v) is 6.15. The van der Waals surface area contributed by atoms with E-state index in [-0.39, 0.29) is 18.3 Å². The quantitative estimate of drug-likeness (QED) is 0.859. The summed E-state index contributed by atoms with van der Waals surface area (Å²) in [4.78, 5) is 22.8. The van der Waals surface area contributed by atoms with Gasteiger partial charge in [-0.1, -0.05) is 28.1 Å². The molecule has 1 aliphatic heterocycles. The molecule has 0 aromatic heterocycles. The maximum atomic E-state index is 11.7. The minimum Gasteiger partial charge on any atom is -0.464 e. The van der Waals surface area contributed by atoms with Crippen LogP contribution >= 0.6 is 15.9 Å². The third kappa shape index (κ3) is 3.30. The summed E-state index contributed by atoms with van der Waals surface area (Å²) in [5.41, 5.74) is 0.914. The molecule has 1 aliphatic rings. The van der Waals surface area contributed by atoms with Crippen molar-refractivity contribution < 1.29 is 14.3 Å². The summed E-state index contributed by atoms with van der Waals surface area (Å²) in [6, 6.07) is 7.03. The molecule has 1 N–H and O–H groups in total. The van der Waals surface area contributed by atoms with E-state index in [1.165, 1.54) is 0 Å². The van der Waals surface area contributed by atoms with Crippen molar-refractivity contribution in [3.8, 4) is 0 Å². The Hall–Kier alpha value is -1.36. The normalized spacial score (nSPS) is 18.9. The minimum absolute atomic E-state index is 0.156. The molecule has 1 atom stereocenters. The van der Waals surface area contributed by atoms with E-state index < -0.39 is 6.04 Å². The molecule has 90 valence electrons. The highest BCUT2D eigenvalue weighted by Gasteiger charge is 2.27. The predicted molar refractivity (Wildman–Crippen MR) is 65.4 cm³/mol. The first-order valence-electron chi connectivity index (χ1n) is 5.35. The van der Waals surface area contributed by atoms with Crippen molar-refractivity contribution in [2.24, 2.45) is 0 Å². The summed E-state index contributed by atoms with van der Waals surface area (Å²) < 4.78 is 5.75. The van der Waals surface area contributed by atoms with Gasteiger partial charge in [-0.25, -0.2) is 4.79 Å². The number of cyclic esters (lactones) is 1. The minimum atomic E-state index is -0.474. The molecule has 1 saturated heterocycles. The van der Waals surface area contributed by atoms with Crippen molar-refractivity contribution in [2.75, 3.05) is 6.61 Å². The number of esters is 1. The average molecular weight is 298 g/mol. The van der Waals surface area contributed by atoms with Gasteiger partial charge < -0.3 is 10.1 Å². The number of nitrogens with one attached hydrogen (secondary N) is 1. The van der Waals surface area contributed by atoms with Crippen molar-refractivity contribution in [3.63, 3.8) is 0 Å². The Kier molecular flexibility index (Phi) is 3.78. The van der Waals surface area contributed by atoms with Crippen molar-refractivity contribution >= 4 is 27.8 Å². The van der Waals surface area contributed by atoms with Crippen molar-refractivity contribution in [1.29, 1.82) is 0 Å². The number of hydrogen-bond acceptors (Lipinski definition) is 3. The molecule has 1 aromatic carbocycles. The molecule has 5 heteroatoms. The fourth-order valence-electron chi connectivity index (χ4n) is 1.66. The van der Waals surface area contributed by atoms with Crippen LogP contribution in [0.3, 0.4) is 0 Å². The molecule has 17 heavy (non-hydrogen) atoms. The van der Waals surface area contributed by atoms with Gasteiger partial charge in [0.05, 0.1) is 13.0 Å². The van der Waals surface area contributed by atoms with Gasteiger partial charge in [0.2, 0.25) is 5.91 Å². The summed E-state index contributed by atoms with van der Waals surface area (Å²) in [5, 5.41) is 2.67. The Balaban J connectivity index is 1.88. The first kappa shape index (κ1) is 12.1. The average Bonchev–Trinajstić information content (AvgIpc) is 2.68. The maximum absolute atomic E-state index is 11.7. The van der Waals surface area contributed by atoms with E-state index in [1.807, 2.05) is 24.3 Å². The molecule has 0 aliphatic carbocycles. The smallest absolute Gasteiger partial charge is 0.328 e. The lowest BCUT2D eigenvalue weighted by Crippen LogP contribution is -2.38. The molecule has 4 nitrogen and oxygen atoms in total. The molecule has 1 fully saturated rings. The number of halogens is 1. The third-order valence-corrected chi connectivity index (χ3v) is 3.08. The second-order valence-electron chi connectivity index (χ2n) is 3.88. The molecule has 2 rings (SSSR count). The van der Waals surface area contributed by atoms with Crippen LogP contribution in [0.5, 0.6) is 0 Å². The largest absolute Gasteiger partial charge is 0.464 e. The van der Waals surface area contributed by atoms with Gasteiger partial charge in [-0.15, -0.1) is 0 Å². The standard InChI is InChI=1S/C12H12BrNO3/c13-9-3-1-8(2-4-9)7-11(15)14-10-5-6-17-12(10)16/h1-4,10H,5-7H2,(H,14,15)/t10-/m0/s1. The van der Waals surface area contributed by atoms with Crippen LogP contribution in [0.25, 0.3) is 0 Å². The summed E-state index contributed by atoms with van der Waals surface area (Å²) in [7, 11) is 0. The van der Waals surface area contributed by atoms with Crippen LogP contribution in [0, 0.1) is 0 Å². The highest BCUT2D eigenvalue weighted by Crippen LogP contribution is 2.11. The van der Waals surface area contributed by atoms with E-state index in [9.17, 15) is 9.59 Å². The predicted octanol–water partition coefficient (Wildman–Crippen LogP) is 1.42. The summed E-state index contributed by atoms with van der Waals surface area (Å²) in [5.74, 6) is -0.495. The lowest BCUT2D eigenvalue weighted by Gasteiger charge is -2.08. The van der Waals surface area contributed by atoms with Crippen LogP contribution in [0.2, 0.25) is 0 Å². The molecule has 1 aromatic rings. The number of carbonyl (C=O) groups is 2. The zero-order valence-electron chi connectivity index (χ0n) is 9.11. The number of benzene rings is 1. The Bertz CT molecular complexity index is 430. The van der Waals surface area contributed by atoms with Crippen LogP contribution in [-0.4, -0.2) is 24.5 Å². The first-order chi connectivity index (χ1) is 8.15. The monoisotopic (exact) mass is 297 g/mol. The Morgan fingerprint density at radius 3 is 2.71 bits per heavy atom. The zero-order valence-corrected chi connectivity index (χ0v) is 10.7. The summed E-state index contributed by atoms with van der Waals surface area (Å²) in [6.45, 7) is 0.391. The molecule has 1 heterocycles. The van der Waals surface area contributed by atoms with E-state index in [1.54, 1.807) is 0 Å². The van der Waals surface area contributed by atoms with E-state index in [4.69, 9.17) is 4.74 Å². The van der Waals surface area contributed by atoms with Crippen LogP contribution in [-0.2, 0) is 20.7 Å². The van der Waals surface area contributed by atoms with Gasteiger partial charge in [0.25, 0.3) is 0 Å². The topological polar surface area (TPSA) is 55.4 Å². The molecular weight excluding hydrogens is 286 g/mol. The van der Waals surface area contributed by atoms with E-state index in [0.29, 0.717) is 13.0 Å². The highest BCUT2D eigenvalue weighted by molar-refractivity contribution is 9.10. The lowest BCUT2D eigenvalue weighted by atomic mass is 10.1. The third-order valence-electron chi connectivity index (χ3n) is 2.55. The number of ether oxygens (including phenoxy) is 1. The fourth-order valence-corrected chi connectivity index (χ4v) is 1.92. The van der Waals surface area contributed by atoms with Gasteiger partial charge in [0.1, 0.15) is 6.04 Å². The Labute approximate surface area is 107 Å². The second-order valence-corrected chi connectivity index (χ2v) is 4.80. The van der Waals surface area contributed by atoms with Gasteiger partial charge in [-0.3, -0.25) is 4.79 Å². The fraction of sp³-hybridized carbons (Fsp3) is 0.333. The lowest BCUT2D eigenvalue weighted by molar-refractivity contribution is -0.141. The molecule has 0 saturated carbocycles. The van der Waals surface area contributed by atoms with E-state index in [0.717, 1.165) is 10.0 Å². The van der Waals surface area contributed by atoms with Crippen molar-refractivity contribution in [2.45, 2.75) is 18.9 Å². The van der Waals surface area contributed by atoms with Gasteiger partial charge >= 0.3 is 5.97 Å². The van der Waals surface area contributed by atoms with Gasteiger partial charge in [-0.05, 0) is 17.7 Å². The van der Waals surface area contributed by atoms with Crippen LogP contribution < -0.4 is 5.32 Å². The number of carbonyl (C=O) groups excluding carboxylic acids is 2. The van der Waals surface area contributed by atoms with Crippen molar-refractivity contribution in [1.82, 2.24) is 5.32 Å². The molecular formula is C12H12BrNO3. The summed E-state index contributed by atoms with van der Waals surface area (Å²) >= 11 is 3.33. The Morgan fingerprint density at radius 1 is 1.41 bits per heavy atom. The number of rotatable bonds is 3. The number of amides is 1. The second kappa shape index (κ2) is 5.31. The van der Waals surface area contributed by atoms with Crippen LogP contribution in [0.4, 0.5) is 0 Å². The van der Waals surface area contributed by atoms with E-state index in [2.05, 4.69) is 21.2 Å². The highest BCUT2D eigenvalue weighted by atomic mass is 79.9. The Morgan fingerprint density at radius 2 is 2.12 bits per heavy atom. The molecule has 0 unspecified atom stereocenters. The van der Waals surface area contributed by atoms with Crippen LogP contribution in [0.1, 0.15) is 12.0 Å². The molecule has 0 spiro atoms. The van der Waals surface area contributed by atoms with E-state index >= 15 is 0 Å². The SMILES string of the molecule is O=C(Cc1ccc(Br)cc1)N[C@H]1CCOC1=O. The molecule has 0 bridgehead atoms. The molecule has 0 radical (unpaired) electrons. The van der Waals surface area contributed by atoms with Gasteiger partial charge in [-0.2, -0.15) is 0 Å². The van der Waals surface area contributed by atoms with Gasteiger partial charge in [0, 0.05) is 10.9 Å². The summed E-state index contributed by atoms with van der Waals surface area (Å²) in [6.07, 6.45) is 0.835. The van der Waals surface area contributed by atoms with Crippen molar-refractivity contribution in [3.05, 3.63) is 34.3 Å². The number of hydrogen-bond donors (Lipinski definition) is 1. The maximum Gasteiger partial charge on any atom is 0.328 e.